The minimum Gasteiger partial charge on any atom is -0.495 e. The molecule has 4 aromatic rings. The van der Waals surface area contributed by atoms with Crippen molar-refractivity contribution in [3.63, 3.8) is 0 Å². The molecule has 1 aliphatic heterocycles. The summed E-state index contributed by atoms with van der Waals surface area (Å²) in [4.78, 5) is 2.62. The molecule has 0 aliphatic carbocycles. The van der Waals surface area contributed by atoms with Crippen molar-refractivity contribution in [2.75, 3.05) is 20.2 Å². The van der Waals surface area contributed by atoms with E-state index in [0.717, 1.165) is 37.0 Å². The van der Waals surface area contributed by atoms with E-state index >= 15 is 0 Å². The molecule has 2 heterocycles. The number of aromatic nitrogens is 1. The average molecular weight is 447 g/mol. The first kappa shape index (κ1) is 20.8. The molecule has 0 N–H and O–H groups in total. The molecule has 0 saturated carbocycles. The quantitative estimate of drug-likeness (QED) is 0.424. The topological polar surface area (TPSA) is 51.5 Å². The van der Waals surface area contributed by atoms with E-state index in [1.165, 1.54) is 16.6 Å². The van der Waals surface area contributed by atoms with Crippen LogP contribution in [0.25, 0.3) is 10.9 Å². The van der Waals surface area contributed by atoms with Crippen LogP contribution in [0.5, 0.6) is 5.75 Å². The smallest absolute Gasteiger partial charge is 0.271 e. The Hall–Kier alpha value is -3.09. The SMILES string of the molecule is COc1ccccc1S(=O)(=O)n1cc(C2CCN(Cc3ccccc3)C2)c2ccccc21. The zero-order chi connectivity index (χ0) is 22.1. The maximum atomic E-state index is 13.6. The molecule has 5 rings (SSSR count). The van der Waals surface area contributed by atoms with Crippen LogP contribution in [0.2, 0.25) is 0 Å². The molecule has 1 saturated heterocycles. The third kappa shape index (κ3) is 3.70. The lowest BCUT2D eigenvalue weighted by Gasteiger charge is -2.16. The molecule has 1 unspecified atom stereocenters. The van der Waals surface area contributed by atoms with Crippen LogP contribution in [-0.2, 0) is 16.6 Å². The minimum absolute atomic E-state index is 0.173. The van der Waals surface area contributed by atoms with Gasteiger partial charge in [0.25, 0.3) is 10.0 Å². The van der Waals surface area contributed by atoms with E-state index in [4.69, 9.17) is 4.74 Å². The summed E-state index contributed by atoms with van der Waals surface area (Å²) in [5, 5.41) is 0.998. The first-order chi connectivity index (χ1) is 15.6. The number of rotatable bonds is 6. The average Bonchev–Trinajstić information content (AvgIpc) is 3.44. The Morgan fingerprint density at radius 2 is 1.66 bits per heavy atom. The van der Waals surface area contributed by atoms with Gasteiger partial charge < -0.3 is 4.74 Å². The van der Waals surface area contributed by atoms with E-state index in [1.807, 2.05) is 36.5 Å². The molecule has 1 aliphatic rings. The molecule has 3 aromatic carbocycles. The second-order valence-corrected chi connectivity index (χ2v) is 10.0. The Morgan fingerprint density at radius 1 is 0.938 bits per heavy atom. The van der Waals surface area contributed by atoms with Crippen LogP contribution in [0.3, 0.4) is 0 Å². The van der Waals surface area contributed by atoms with Gasteiger partial charge in [-0.2, -0.15) is 0 Å². The maximum Gasteiger partial charge on any atom is 0.271 e. The molecule has 0 spiro atoms. The number of para-hydroxylation sites is 2. The van der Waals surface area contributed by atoms with Crippen LogP contribution in [0.1, 0.15) is 23.5 Å². The predicted octanol–water partition coefficient (Wildman–Crippen LogP) is 4.88. The third-order valence-corrected chi connectivity index (χ3v) is 7.99. The van der Waals surface area contributed by atoms with Gasteiger partial charge in [0.15, 0.2) is 0 Å². The molecule has 164 valence electrons. The van der Waals surface area contributed by atoms with Gasteiger partial charge in [0.05, 0.1) is 12.6 Å². The van der Waals surface area contributed by atoms with Gasteiger partial charge in [0.2, 0.25) is 0 Å². The highest BCUT2D eigenvalue weighted by molar-refractivity contribution is 7.90. The highest BCUT2D eigenvalue weighted by atomic mass is 32.2. The Morgan fingerprint density at radius 3 is 2.47 bits per heavy atom. The van der Waals surface area contributed by atoms with Crippen LogP contribution >= 0.6 is 0 Å². The first-order valence-electron chi connectivity index (χ1n) is 10.8. The summed E-state index contributed by atoms with van der Waals surface area (Å²) >= 11 is 0. The lowest BCUT2D eigenvalue weighted by atomic mass is 9.98. The third-order valence-electron chi connectivity index (χ3n) is 6.28. The molecule has 0 amide bonds. The molecule has 1 fully saturated rings. The highest BCUT2D eigenvalue weighted by Gasteiger charge is 2.30. The van der Waals surface area contributed by atoms with Crippen molar-refractivity contribution in [2.24, 2.45) is 0 Å². The normalized spacial score (nSPS) is 17.1. The molecule has 32 heavy (non-hydrogen) atoms. The van der Waals surface area contributed by atoms with Crippen LogP contribution in [-0.4, -0.2) is 37.5 Å². The van der Waals surface area contributed by atoms with Gasteiger partial charge in [-0.15, -0.1) is 0 Å². The number of nitrogens with zero attached hydrogens (tertiary/aromatic N) is 2. The zero-order valence-corrected chi connectivity index (χ0v) is 18.8. The van der Waals surface area contributed by atoms with Gasteiger partial charge in [-0.25, -0.2) is 12.4 Å². The summed E-state index contributed by atoms with van der Waals surface area (Å²) in [5.74, 6) is 0.638. The summed E-state index contributed by atoms with van der Waals surface area (Å²) in [6.07, 6.45) is 2.83. The van der Waals surface area contributed by atoms with Gasteiger partial charge in [-0.1, -0.05) is 60.7 Å². The number of ether oxygens (including phenoxy) is 1. The van der Waals surface area contributed by atoms with Crippen molar-refractivity contribution in [3.8, 4) is 5.75 Å². The summed E-state index contributed by atoms with van der Waals surface area (Å²) in [6, 6.07) is 25.0. The van der Waals surface area contributed by atoms with Crippen LogP contribution in [0.4, 0.5) is 0 Å². The molecular formula is C26H26N2O3S. The largest absolute Gasteiger partial charge is 0.495 e. The van der Waals surface area contributed by atoms with Gasteiger partial charge >= 0.3 is 0 Å². The van der Waals surface area contributed by atoms with Crippen LogP contribution in [0, 0.1) is 0 Å². The first-order valence-corrected chi connectivity index (χ1v) is 12.3. The van der Waals surface area contributed by atoms with E-state index in [-0.39, 0.29) is 10.8 Å². The van der Waals surface area contributed by atoms with Crippen molar-refractivity contribution < 1.29 is 13.2 Å². The van der Waals surface area contributed by atoms with E-state index < -0.39 is 10.0 Å². The molecule has 1 atom stereocenters. The fourth-order valence-corrected chi connectivity index (χ4v) is 6.25. The number of methoxy groups -OCH3 is 1. The number of hydrogen-bond acceptors (Lipinski definition) is 4. The second-order valence-electron chi connectivity index (χ2n) is 8.26. The molecule has 5 nitrogen and oxygen atoms in total. The van der Waals surface area contributed by atoms with Crippen molar-refractivity contribution in [3.05, 3.63) is 96.2 Å². The highest BCUT2D eigenvalue weighted by Crippen LogP contribution is 2.37. The minimum atomic E-state index is -3.80. The maximum absolute atomic E-state index is 13.6. The van der Waals surface area contributed by atoms with E-state index in [0.29, 0.717) is 11.3 Å². The molecule has 6 heteroatoms. The van der Waals surface area contributed by atoms with E-state index in [1.54, 1.807) is 24.3 Å². The van der Waals surface area contributed by atoms with Crippen molar-refractivity contribution in [2.45, 2.75) is 23.8 Å². The van der Waals surface area contributed by atoms with Gasteiger partial charge in [-0.05, 0) is 48.2 Å². The summed E-state index contributed by atoms with van der Waals surface area (Å²) < 4.78 is 34.0. The Balaban J connectivity index is 1.51. The monoisotopic (exact) mass is 446 g/mol. The van der Waals surface area contributed by atoms with Crippen LogP contribution in [0.15, 0.2) is 90.0 Å². The fourth-order valence-electron chi connectivity index (χ4n) is 4.71. The number of benzene rings is 3. The summed E-state index contributed by atoms with van der Waals surface area (Å²) in [7, 11) is -2.31. The van der Waals surface area contributed by atoms with Crippen molar-refractivity contribution >= 4 is 20.9 Å². The fraction of sp³-hybridized carbons (Fsp3) is 0.231. The Bertz CT molecular complexity index is 1350. The van der Waals surface area contributed by atoms with Crippen molar-refractivity contribution in [1.29, 1.82) is 0 Å². The van der Waals surface area contributed by atoms with E-state index in [2.05, 4.69) is 29.2 Å². The summed E-state index contributed by atoms with van der Waals surface area (Å²) in [6.45, 7) is 2.82. The number of likely N-dealkylation sites (tertiary alicyclic amines) is 1. The number of fused-ring (bicyclic) bond motifs is 1. The summed E-state index contributed by atoms with van der Waals surface area (Å²) in [5.41, 5.74) is 3.10. The van der Waals surface area contributed by atoms with Crippen LogP contribution < -0.4 is 4.74 Å². The Kier molecular flexibility index (Phi) is 5.49. The standard InChI is InChI=1S/C26H26N2O3S/c1-31-25-13-7-8-14-26(25)32(29,30)28-19-23(22-11-5-6-12-24(22)28)21-15-16-27(18-21)17-20-9-3-2-4-10-20/h2-14,19,21H,15-18H2,1H3. The van der Waals surface area contributed by atoms with Gasteiger partial charge in [0.1, 0.15) is 10.6 Å². The van der Waals surface area contributed by atoms with E-state index in [9.17, 15) is 8.42 Å². The van der Waals surface area contributed by atoms with Gasteiger partial charge in [-0.3, -0.25) is 4.90 Å². The molecule has 1 aromatic heterocycles. The second kappa shape index (κ2) is 8.45. The zero-order valence-electron chi connectivity index (χ0n) is 18.0. The van der Waals surface area contributed by atoms with Gasteiger partial charge in [0, 0.05) is 24.7 Å². The lowest BCUT2D eigenvalue weighted by Crippen LogP contribution is -2.19. The van der Waals surface area contributed by atoms with Crippen molar-refractivity contribution in [1.82, 2.24) is 8.87 Å². The molecular weight excluding hydrogens is 420 g/mol. The molecule has 0 radical (unpaired) electrons. The molecule has 0 bridgehead atoms. The lowest BCUT2D eigenvalue weighted by molar-refractivity contribution is 0.327. The Labute approximate surface area is 188 Å². The predicted molar refractivity (Wildman–Crippen MR) is 127 cm³/mol. The number of hydrogen-bond donors (Lipinski definition) is 0.